The molecule has 6 heteroatoms. The quantitative estimate of drug-likeness (QED) is 0.811. The highest BCUT2D eigenvalue weighted by Gasteiger charge is 2.32. The van der Waals surface area contributed by atoms with E-state index in [1.54, 1.807) is 13.1 Å². The predicted octanol–water partition coefficient (Wildman–Crippen LogP) is 1.82. The van der Waals surface area contributed by atoms with Crippen LogP contribution in [0.4, 0.5) is 11.4 Å². The van der Waals surface area contributed by atoms with Crippen LogP contribution in [-0.4, -0.2) is 25.5 Å². The standard InChI is InChI=1S/C15H16N4O2/c1-3-8-19-11-7-5-4-6-10(11)16-14-13(19)15(21-2)18-12(9-20)17-14/h4-7,16-17H,3,8H2,1-2H3. The van der Waals surface area contributed by atoms with E-state index in [1.165, 1.54) is 0 Å². The molecule has 0 fully saturated rings. The van der Waals surface area contributed by atoms with E-state index in [0.717, 1.165) is 30.0 Å². The van der Waals surface area contributed by atoms with Gasteiger partial charge in [-0.1, -0.05) is 19.1 Å². The Hall–Kier alpha value is -2.72. The molecule has 0 spiro atoms. The molecule has 0 aromatic heterocycles. The van der Waals surface area contributed by atoms with Crippen LogP contribution < -0.4 is 15.5 Å². The molecule has 1 aromatic rings. The molecule has 0 saturated carbocycles. The van der Waals surface area contributed by atoms with Gasteiger partial charge in [-0.15, -0.1) is 0 Å². The zero-order valence-electron chi connectivity index (χ0n) is 11.9. The highest BCUT2D eigenvalue weighted by molar-refractivity contribution is 6.03. The lowest BCUT2D eigenvalue weighted by atomic mass is 10.1. The Morgan fingerprint density at radius 1 is 1.33 bits per heavy atom. The van der Waals surface area contributed by atoms with E-state index in [0.29, 0.717) is 11.7 Å². The summed E-state index contributed by atoms with van der Waals surface area (Å²) in [5, 5.41) is 6.23. The van der Waals surface area contributed by atoms with E-state index < -0.39 is 0 Å². The Bertz CT molecular complexity index is 687. The first-order valence-electron chi connectivity index (χ1n) is 6.81. The minimum absolute atomic E-state index is 0.105. The number of carbonyl (C=O) groups excluding carboxylic acids is 1. The summed E-state index contributed by atoms with van der Waals surface area (Å²) >= 11 is 0. The normalized spacial score (nSPS) is 16.2. The van der Waals surface area contributed by atoms with Crippen LogP contribution in [0.1, 0.15) is 13.3 Å². The van der Waals surface area contributed by atoms with Gasteiger partial charge in [0.2, 0.25) is 11.7 Å². The van der Waals surface area contributed by atoms with Crippen molar-refractivity contribution in [3.63, 3.8) is 0 Å². The van der Waals surface area contributed by atoms with Crippen molar-refractivity contribution < 1.29 is 9.53 Å². The van der Waals surface area contributed by atoms with Crippen molar-refractivity contribution in [1.29, 1.82) is 0 Å². The van der Waals surface area contributed by atoms with E-state index in [1.807, 2.05) is 24.3 Å². The van der Waals surface area contributed by atoms with Gasteiger partial charge in [0.15, 0.2) is 5.94 Å². The largest absolute Gasteiger partial charge is 0.479 e. The van der Waals surface area contributed by atoms with Gasteiger partial charge in [-0.3, -0.25) is 0 Å². The topological polar surface area (TPSA) is 66.0 Å². The summed E-state index contributed by atoms with van der Waals surface area (Å²) in [6.07, 6.45) is 0.971. The second kappa shape index (κ2) is 5.34. The average Bonchev–Trinajstić information content (AvgIpc) is 2.53. The molecule has 2 aliphatic rings. The number of nitrogens with one attached hydrogen (secondary N) is 2. The number of methoxy groups -OCH3 is 1. The number of hydrogen-bond acceptors (Lipinski definition) is 6. The number of para-hydroxylation sites is 2. The van der Waals surface area contributed by atoms with Crippen molar-refractivity contribution in [2.45, 2.75) is 13.3 Å². The fourth-order valence-corrected chi connectivity index (χ4v) is 2.52. The van der Waals surface area contributed by atoms with Crippen LogP contribution in [0.2, 0.25) is 0 Å². The fraction of sp³-hybridized carbons (Fsp3) is 0.267. The molecule has 0 atom stereocenters. The van der Waals surface area contributed by atoms with Gasteiger partial charge in [0.05, 0.1) is 18.5 Å². The molecule has 21 heavy (non-hydrogen) atoms. The van der Waals surface area contributed by atoms with Crippen molar-refractivity contribution in [3.8, 4) is 0 Å². The van der Waals surface area contributed by atoms with Crippen molar-refractivity contribution >= 4 is 23.2 Å². The molecular weight excluding hydrogens is 268 g/mol. The summed E-state index contributed by atoms with van der Waals surface area (Å²) in [6.45, 7) is 2.93. The monoisotopic (exact) mass is 284 g/mol. The first-order valence-corrected chi connectivity index (χ1v) is 6.81. The maximum absolute atomic E-state index is 10.9. The van der Waals surface area contributed by atoms with Crippen LogP contribution in [0.5, 0.6) is 0 Å². The number of anilines is 2. The number of nitrogens with zero attached hydrogens (tertiary/aromatic N) is 2. The highest BCUT2D eigenvalue weighted by atomic mass is 16.5. The van der Waals surface area contributed by atoms with E-state index in [4.69, 9.17) is 4.74 Å². The van der Waals surface area contributed by atoms with Gasteiger partial charge in [-0.05, 0) is 18.6 Å². The summed E-state index contributed by atoms with van der Waals surface area (Å²) in [4.78, 5) is 17.2. The van der Waals surface area contributed by atoms with E-state index in [9.17, 15) is 4.79 Å². The summed E-state index contributed by atoms with van der Waals surface area (Å²) < 4.78 is 5.36. The van der Waals surface area contributed by atoms with Crippen LogP contribution in [0, 0.1) is 0 Å². The second-order valence-electron chi connectivity index (χ2n) is 4.71. The number of rotatable bonds is 2. The summed E-state index contributed by atoms with van der Waals surface area (Å²) in [7, 11) is 1.54. The minimum atomic E-state index is 0.105. The van der Waals surface area contributed by atoms with Crippen molar-refractivity contribution in [3.05, 3.63) is 41.6 Å². The third kappa shape index (κ3) is 2.15. The molecule has 1 aromatic carbocycles. The van der Waals surface area contributed by atoms with E-state index in [-0.39, 0.29) is 5.82 Å². The molecule has 0 aliphatic carbocycles. The maximum atomic E-state index is 10.9. The van der Waals surface area contributed by atoms with Gasteiger partial charge < -0.3 is 20.3 Å². The molecule has 0 unspecified atom stereocenters. The molecule has 0 bridgehead atoms. The van der Waals surface area contributed by atoms with Gasteiger partial charge in [0.1, 0.15) is 11.5 Å². The van der Waals surface area contributed by atoms with Crippen LogP contribution in [0.15, 0.2) is 46.6 Å². The Balaban J connectivity index is 2.14. The zero-order chi connectivity index (χ0) is 14.8. The van der Waals surface area contributed by atoms with Crippen molar-refractivity contribution in [2.24, 2.45) is 4.99 Å². The van der Waals surface area contributed by atoms with Crippen LogP contribution in [-0.2, 0) is 9.53 Å². The molecule has 108 valence electrons. The molecule has 0 saturated heterocycles. The Kier molecular flexibility index (Phi) is 3.38. The maximum Gasteiger partial charge on any atom is 0.244 e. The molecule has 0 amide bonds. The molecule has 6 nitrogen and oxygen atoms in total. The molecule has 2 aliphatic heterocycles. The average molecular weight is 284 g/mol. The van der Waals surface area contributed by atoms with Gasteiger partial charge in [-0.2, -0.15) is 4.99 Å². The lowest BCUT2D eigenvalue weighted by molar-refractivity contribution is 0.398. The molecule has 2 N–H and O–H groups in total. The van der Waals surface area contributed by atoms with Gasteiger partial charge in [-0.25, -0.2) is 4.79 Å². The molecular formula is C15H16N4O2. The summed E-state index contributed by atoms with van der Waals surface area (Å²) in [5.74, 6) is 2.96. The Morgan fingerprint density at radius 2 is 2.14 bits per heavy atom. The number of benzene rings is 1. The Morgan fingerprint density at radius 3 is 2.86 bits per heavy atom. The number of fused-ring (bicyclic) bond motifs is 1. The molecule has 3 rings (SSSR count). The molecule has 0 radical (unpaired) electrons. The van der Waals surface area contributed by atoms with E-state index in [2.05, 4.69) is 27.4 Å². The van der Waals surface area contributed by atoms with Crippen LogP contribution >= 0.6 is 0 Å². The first-order chi connectivity index (χ1) is 10.3. The summed E-state index contributed by atoms with van der Waals surface area (Å²) in [6, 6.07) is 7.99. The molecule has 2 heterocycles. The predicted molar refractivity (Wildman–Crippen MR) is 81.5 cm³/mol. The smallest absolute Gasteiger partial charge is 0.244 e. The Labute approximate surface area is 122 Å². The lowest BCUT2D eigenvalue weighted by Gasteiger charge is -2.37. The number of hydrogen-bond donors (Lipinski definition) is 2. The SMILES string of the molecule is CCCN1C2=C(NC(=C=O)N=C2OC)Nc2ccccc21. The third-order valence-electron chi connectivity index (χ3n) is 3.36. The first kappa shape index (κ1) is 13.3. The van der Waals surface area contributed by atoms with Gasteiger partial charge >= 0.3 is 0 Å². The zero-order valence-corrected chi connectivity index (χ0v) is 11.9. The third-order valence-corrected chi connectivity index (χ3v) is 3.36. The number of ether oxygens (including phenoxy) is 1. The highest BCUT2D eigenvalue weighted by Crippen LogP contribution is 2.36. The van der Waals surface area contributed by atoms with Crippen molar-refractivity contribution in [1.82, 2.24) is 5.32 Å². The fourth-order valence-electron chi connectivity index (χ4n) is 2.52. The number of aliphatic imine (C=N–C) groups is 1. The van der Waals surface area contributed by atoms with Gasteiger partial charge in [0, 0.05) is 6.54 Å². The van der Waals surface area contributed by atoms with Crippen LogP contribution in [0.25, 0.3) is 0 Å². The van der Waals surface area contributed by atoms with Crippen LogP contribution in [0.3, 0.4) is 0 Å². The van der Waals surface area contributed by atoms with Crippen molar-refractivity contribution in [2.75, 3.05) is 23.9 Å². The summed E-state index contributed by atoms with van der Waals surface area (Å²) in [5.41, 5.74) is 2.83. The second-order valence-corrected chi connectivity index (χ2v) is 4.71. The van der Waals surface area contributed by atoms with E-state index >= 15 is 0 Å². The van der Waals surface area contributed by atoms with Gasteiger partial charge in [0.25, 0.3) is 0 Å². The lowest BCUT2D eigenvalue weighted by Crippen LogP contribution is -2.41. The minimum Gasteiger partial charge on any atom is -0.479 e.